The number of rotatable bonds is 8. The number of nitrogens with zero attached hydrogens (tertiary/aromatic N) is 5. The minimum atomic E-state index is -0.549. The topological polar surface area (TPSA) is 92.6 Å². The smallest absolute Gasteiger partial charge is 0.274 e. The largest absolute Gasteiger partial charge is 0.462 e. The van der Waals surface area contributed by atoms with Crippen LogP contribution >= 0.6 is 11.3 Å². The van der Waals surface area contributed by atoms with Crippen molar-refractivity contribution >= 4 is 34.0 Å². The van der Waals surface area contributed by atoms with Gasteiger partial charge in [-0.25, -0.2) is 9.97 Å². The molecule has 0 aliphatic carbocycles. The molecule has 2 aliphatic heterocycles. The van der Waals surface area contributed by atoms with E-state index >= 15 is 0 Å². The standard InChI is InChI=1S/C31H31FN6O3S/c1-21(39)36-16-11-25(12-17-36)41-24-8-6-23(7-9-24)38-15-3-4-27(38)26-20-42-31(34-26)35-30(40)28-5-2-14-37(28)19-22-10-13-33-29(32)18-22/h2,5-11,13-14,18,20,27H,3-4,12,15-17,19H2,1H3,(H,34,35,40)/t27-/m1/s1. The molecule has 2 aliphatic rings. The van der Waals surface area contributed by atoms with Gasteiger partial charge in [0, 0.05) is 63.0 Å². The number of benzene rings is 1. The maximum atomic E-state index is 13.5. The Labute approximate surface area is 247 Å². The van der Waals surface area contributed by atoms with Gasteiger partial charge in [-0.1, -0.05) is 0 Å². The second-order valence-corrected chi connectivity index (χ2v) is 11.2. The lowest BCUT2D eigenvalue weighted by Crippen LogP contribution is -2.33. The predicted molar refractivity (Wildman–Crippen MR) is 159 cm³/mol. The zero-order chi connectivity index (χ0) is 29.1. The summed E-state index contributed by atoms with van der Waals surface area (Å²) in [6, 6.07) is 14.8. The third-order valence-corrected chi connectivity index (χ3v) is 8.35. The molecule has 0 bridgehead atoms. The van der Waals surface area contributed by atoms with E-state index in [2.05, 4.69) is 27.3 Å². The lowest BCUT2D eigenvalue weighted by molar-refractivity contribution is -0.128. The van der Waals surface area contributed by atoms with Gasteiger partial charge < -0.3 is 19.1 Å². The molecule has 1 aromatic carbocycles. The molecule has 0 radical (unpaired) electrons. The third-order valence-electron chi connectivity index (χ3n) is 7.57. The van der Waals surface area contributed by atoms with Gasteiger partial charge in [0.05, 0.1) is 11.7 Å². The van der Waals surface area contributed by atoms with Crippen LogP contribution in [0.5, 0.6) is 5.75 Å². The summed E-state index contributed by atoms with van der Waals surface area (Å²) < 4.78 is 21.4. The highest BCUT2D eigenvalue weighted by Crippen LogP contribution is 2.38. The van der Waals surface area contributed by atoms with Crippen LogP contribution in [-0.2, 0) is 11.3 Å². The van der Waals surface area contributed by atoms with Gasteiger partial charge in [0.2, 0.25) is 11.9 Å². The molecule has 0 unspecified atom stereocenters. The molecule has 3 aromatic heterocycles. The molecule has 2 amide bonds. The number of ether oxygens (including phenoxy) is 1. The van der Waals surface area contributed by atoms with E-state index in [1.807, 2.05) is 23.6 Å². The SMILES string of the molecule is CC(=O)N1CC=C(Oc2ccc(N3CCC[C@@H]3c3csc(NC(=O)c4cccn4Cc4ccnc(F)c4)n3)cc2)CC1. The van der Waals surface area contributed by atoms with Gasteiger partial charge in [-0.05, 0) is 73.0 Å². The van der Waals surface area contributed by atoms with Crippen molar-refractivity contribution in [1.82, 2.24) is 19.4 Å². The number of carbonyl (C=O) groups excluding carboxylic acids is 2. The van der Waals surface area contributed by atoms with Crippen molar-refractivity contribution < 1.29 is 18.7 Å². The first-order valence-corrected chi connectivity index (χ1v) is 14.8. The van der Waals surface area contributed by atoms with Gasteiger partial charge in [-0.3, -0.25) is 14.9 Å². The second-order valence-electron chi connectivity index (χ2n) is 10.4. The van der Waals surface area contributed by atoms with Crippen LogP contribution in [0.3, 0.4) is 0 Å². The number of hydrogen-bond acceptors (Lipinski definition) is 7. The fourth-order valence-corrected chi connectivity index (χ4v) is 6.17. The number of aromatic nitrogens is 3. The quantitative estimate of drug-likeness (QED) is 0.269. The molecule has 1 fully saturated rings. The highest BCUT2D eigenvalue weighted by atomic mass is 32.1. The Kier molecular flexibility index (Phi) is 8.00. The van der Waals surface area contributed by atoms with Gasteiger partial charge in [0.15, 0.2) is 5.13 Å². The normalized spacial score (nSPS) is 16.8. The Bertz CT molecular complexity index is 1610. The van der Waals surface area contributed by atoms with Crippen molar-refractivity contribution in [3.05, 3.63) is 101 Å². The van der Waals surface area contributed by atoms with Crippen molar-refractivity contribution in [2.75, 3.05) is 29.9 Å². The van der Waals surface area contributed by atoms with Crippen LogP contribution in [0.1, 0.15) is 54.0 Å². The average molecular weight is 587 g/mol. The summed E-state index contributed by atoms with van der Waals surface area (Å²) >= 11 is 1.41. The molecular weight excluding hydrogens is 555 g/mol. The summed E-state index contributed by atoms with van der Waals surface area (Å²) in [5.74, 6) is 0.919. The lowest BCUT2D eigenvalue weighted by Gasteiger charge is -2.26. The van der Waals surface area contributed by atoms with Gasteiger partial charge >= 0.3 is 0 Å². The molecule has 1 saturated heterocycles. The van der Waals surface area contributed by atoms with Crippen LogP contribution < -0.4 is 15.0 Å². The van der Waals surface area contributed by atoms with Crippen LogP contribution in [0, 0.1) is 5.95 Å². The fourth-order valence-electron chi connectivity index (χ4n) is 5.42. The predicted octanol–water partition coefficient (Wildman–Crippen LogP) is 5.64. The highest BCUT2D eigenvalue weighted by molar-refractivity contribution is 7.14. The summed E-state index contributed by atoms with van der Waals surface area (Å²) in [7, 11) is 0. The van der Waals surface area contributed by atoms with E-state index in [0.29, 0.717) is 36.9 Å². The van der Waals surface area contributed by atoms with Crippen molar-refractivity contribution in [3.63, 3.8) is 0 Å². The molecule has 216 valence electrons. The van der Waals surface area contributed by atoms with E-state index in [1.54, 1.807) is 40.8 Å². The number of carbonyl (C=O) groups is 2. The van der Waals surface area contributed by atoms with E-state index in [9.17, 15) is 14.0 Å². The third kappa shape index (κ3) is 6.20. The Hall–Kier alpha value is -4.51. The van der Waals surface area contributed by atoms with E-state index in [1.165, 1.54) is 23.6 Å². The Balaban J connectivity index is 1.09. The van der Waals surface area contributed by atoms with Crippen molar-refractivity contribution in [3.8, 4) is 5.75 Å². The van der Waals surface area contributed by atoms with Crippen molar-refractivity contribution in [2.45, 2.75) is 38.8 Å². The number of halogens is 1. The Morgan fingerprint density at radius 1 is 1.17 bits per heavy atom. The molecule has 4 aromatic rings. The first-order chi connectivity index (χ1) is 20.4. The molecule has 1 N–H and O–H groups in total. The monoisotopic (exact) mass is 586 g/mol. The Morgan fingerprint density at radius 2 is 2.02 bits per heavy atom. The number of amides is 2. The molecule has 5 heterocycles. The highest BCUT2D eigenvalue weighted by Gasteiger charge is 2.29. The Morgan fingerprint density at radius 3 is 2.79 bits per heavy atom. The van der Waals surface area contributed by atoms with E-state index < -0.39 is 5.95 Å². The molecule has 42 heavy (non-hydrogen) atoms. The number of pyridine rings is 1. The maximum Gasteiger partial charge on any atom is 0.274 e. The van der Waals surface area contributed by atoms with Crippen LogP contribution in [0.25, 0.3) is 0 Å². The molecular formula is C31H31FN6O3S. The van der Waals surface area contributed by atoms with Crippen LogP contribution in [-0.4, -0.2) is 50.9 Å². The van der Waals surface area contributed by atoms with Crippen LogP contribution in [0.4, 0.5) is 15.2 Å². The second kappa shape index (κ2) is 12.2. The number of nitrogens with one attached hydrogen (secondary N) is 1. The van der Waals surface area contributed by atoms with Gasteiger partial charge in [-0.15, -0.1) is 11.3 Å². The summed E-state index contributed by atoms with van der Waals surface area (Å²) in [6.07, 6.45) is 7.90. The molecule has 9 nitrogen and oxygen atoms in total. The zero-order valence-corrected chi connectivity index (χ0v) is 24.0. The number of thiazole rings is 1. The molecule has 6 rings (SSSR count). The molecule has 1 atom stereocenters. The van der Waals surface area contributed by atoms with Crippen LogP contribution in [0.2, 0.25) is 0 Å². The first-order valence-electron chi connectivity index (χ1n) is 13.9. The summed E-state index contributed by atoms with van der Waals surface area (Å²) in [6.45, 7) is 4.11. The summed E-state index contributed by atoms with van der Waals surface area (Å²) in [5.41, 5.74) is 3.21. The minimum absolute atomic E-state index is 0.0790. The fraction of sp³-hybridized carbons (Fsp3) is 0.290. The molecule has 0 saturated carbocycles. The van der Waals surface area contributed by atoms with E-state index in [0.717, 1.165) is 47.8 Å². The van der Waals surface area contributed by atoms with E-state index in [-0.39, 0.29) is 17.9 Å². The molecule has 11 heteroatoms. The average Bonchev–Trinajstić information content (AvgIpc) is 3.75. The zero-order valence-electron chi connectivity index (χ0n) is 23.2. The number of anilines is 2. The van der Waals surface area contributed by atoms with Gasteiger partial charge in [-0.2, -0.15) is 4.39 Å². The lowest BCUT2D eigenvalue weighted by atomic mass is 10.1. The van der Waals surface area contributed by atoms with Gasteiger partial charge in [0.25, 0.3) is 5.91 Å². The summed E-state index contributed by atoms with van der Waals surface area (Å²) in [5, 5.41) is 5.48. The first kappa shape index (κ1) is 27.6. The summed E-state index contributed by atoms with van der Waals surface area (Å²) in [4.78, 5) is 37.1. The molecule has 0 spiro atoms. The van der Waals surface area contributed by atoms with Crippen molar-refractivity contribution in [2.24, 2.45) is 0 Å². The number of hydrogen-bond donors (Lipinski definition) is 1. The van der Waals surface area contributed by atoms with E-state index in [4.69, 9.17) is 9.72 Å². The minimum Gasteiger partial charge on any atom is -0.462 e. The van der Waals surface area contributed by atoms with Crippen molar-refractivity contribution in [1.29, 1.82) is 0 Å². The maximum absolute atomic E-state index is 13.5. The van der Waals surface area contributed by atoms with Gasteiger partial charge in [0.1, 0.15) is 17.2 Å². The van der Waals surface area contributed by atoms with Crippen LogP contribution in [0.15, 0.2) is 78.1 Å².